The fraction of sp³-hybridized carbons (Fsp3) is 0.125. The number of rotatable bonds is 3. The largest absolute Gasteiger partial charge is 0.283 e. The molecule has 1 aromatic carbocycles. The average molecular weight is 257 g/mol. The SMILES string of the molecule is O=C=NCc1ccc(Br)c([N+](=O)[O-])c1. The number of halogens is 1. The van der Waals surface area contributed by atoms with E-state index >= 15 is 0 Å². The van der Waals surface area contributed by atoms with E-state index in [1.54, 1.807) is 12.1 Å². The number of hydrogen-bond acceptors (Lipinski definition) is 4. The quantitative estimate of drug-likeness (QED) is 0.360. The lowest BCUT2D eigenvalue weighted by molar-refractivity contribution is -0.385. The van der Waals surface area contributed by atoms with Crippen molar-refractivity contribution in [2.24, 2.45) is 4.99 Å². The van der Waals surface area contributed by atoms with Crippen LogP contribution in [0, 0.1) is 10.1 Å². The molecule has 0 saturated carbocycles. The van der Waals surface area contributed by atoms with E-state index < -0.39 is 4.92 Å². The Morgan fingerprint density at radius 1 is 1.57 bits per heavy atom. The molecule has 1 aromatic rings. The van der Waals surface area contributed by atoms with Crippen molar-refractivity contribution in [1.82, 2.24) is 0 Å². The first-order chi connectivity index (χ1) is 6.65. The Morgan fingerprint density at radius 3 is 2.86 bits per heavy atom. The summed E-state index contributed by atoms with van der Waals surface area (Å²) in [5.41, 5.74) is 0.562. The van der Waals surface area contributed by atoms with Gasteiger partial charge in [0, 0.05) is 6.07 Å². The van der Waals surface area contributed by atoms with Crippen LogP contribution in [0.3, 0.4) is 0 Å². The number of isocyanates is 1. The summed E-state index contributed by atoms with van der Waals surface area (Å²) in [6.07, 6.45) is 1.37. The molecule has 0 amide bonds. The number of carbonyl (C=O) groups excluding carboxylic acids is 1. The van der Waals surface area contributed by atoms with Crippen LogP contribution in [0.1, 0.15) is 5.56 Å². The monoisotopic (exact) mass is 256 g/mol. The number of aliphatic imine (C=N–C) groups is 1. The third-order valence-corrected chi connectivity index (χ3v) is 2.20. The molecule has 0 heterocycles. The van der Waals surface area contributed by atoms with E-state index in [9.17, 15) is 14.9 Å². The highest BCUT2D eigenvalue weighted by Gasteiger charge is 2.11. The lowest BCUT2D eigenvalue weighted by Gasteiger charge is -1.97. The second-order valence-electron chi connectivity index (χ2n) is 2.45. The summed E-state index contributed by atoms with van der Waals surface area (Å²) in [4.78, 5) is 23.2. The van der Waals surface area contributed by atoms with E-state index in [0.29, 0.717) is 10.0 Å². The minimum Gasteiger partial charge on any atom is -0.258 e. The van der Waals surface area contributed by atoms with Gasteiger partial charge in [0.2, 0.25) is 6.08 Å². The van der Waals surface area contributed by atoms with Gasteiger partial charge in [-0.05, 0) is 27.6 Å². The molecule has 0 aliphatic rings. The van der Waals surface area contributed by atoms with E-state index in [1.165, 1.54) is 12.1 Å². The third-order valence-electron chi connectivity index (χ3n) is 1.53. The maximum Gasteiger partial charge on any atom is 0.283 e. The molecule has 72 valence electrons. The Hall–Kier alpha value is -1.52. The molecular formula is C8H5BrN2O3. The number of nitrogens with zero attached hydrogens (tertiary/aromatic N) is 2. The normalized spacial score (nSPS) is 9.21. The Bertz CT molecular complexity index is 413. The first-order valence-corrected chi connectivity index (χ1v) is 4.41. The van der Waals surface area contributed by atoms with Crippen molar-refractivity contribution in [2.75, 3.05) is 0 Å². The second-order valence-corrected chi connectivity index (χ2v) is 3.30. The van der Waals surface area contributed by atoms with Gasteiger partial charge in [-0.2, -0.15) is 0 Å². The van der Waals surface area contributed by atoms with Crippen LogP contribution in [-0.4, -0.2) is 11.0 Å². The van der Waals surface area contributed by atoms with Crippen molar-refractivity contribution in [2.45, 2.75) is 6.54 Å². The summed E-state index contributed by atoms with van der Waals surface area (Å²) in [6, 6.07) is 4.57. The molecular weight excluding hydrogens is 252 g/mol. The topological polar surface area (TPSA) is 72.6 Å². The molecule has 0 bridgehead atoms. The smallest absolute Gasteiger partial charge is 0.258 e. The summed E-state index contributed by atoms with van der Waals surface area (Å²) in [5.74, 6) is 0. The Balaban J connectivity index is 3.06. The van der Waals surface area contributed by atoms with Gasteiger partial charge in [0.1, 0.15) is 0 Å². The summed E-state index contributed by atoms with van der Waals surface area (Å²) in [6.45, 7) is 0.109. The molecule has 0 N–H and O–H groups in total. The fourth-order valence-corrected chi connectivity index (χ4v) is 1.31. The lowest BCUT2D eigenvalue weighted by Crippen LogP contribution is -1.91. The van der Waals surface area contributed by atoms with Crippen molar-refractivity contribution in [3.05, 3.63) is 38.3 Å². The van der Waals surface area contributed by atoms with Crippen molar-refractivity contribution >= 4 is 27.7 Å². The first kappa shape index (κ1) is 10.6. The summed E-state index contributed by atoms with van der Waals surface area (Å²) in [5, 5.41) is 10.5. The summed E-state index contributed by atoms with van der Waals surface area (Å²) < 4.78 is 0.404. The standard InChI is InChI=1S/C8H5BrN2O3/c9-7-2-1-6(4-10-5-12)3-8(7)11(13)14/h1-3H,4H2. The predicted octanol–water partition coefficient (Wildman–Crippen LogP) is 2.19. The predicted molar refractivity (Wildman–Crippen MR) is 52.6 cm³/mol. The highest BCUT2D eigenvalue weighted by molar-refractivity contribution is 9.10. The highest BCUT2D eigenvalue weighted by Crippen LogP contribution is 2.25. The van der Waals surface area contributed by atoms with Gasteiger partial charge in [-0.25, -0.2) is 9.79 Å². The number of nitro benzene ring substituents is 1. The second kappa shape index (κ2) is 4.64. The van der Waals surface area contributed by atoms with Crippen molar-refractivity contribution < 1.29 is 9.72 Å². The minimum absolute atomic E-state index is 0.0383. The molecule has 0 saturated heterocycles. The van der Waals surface area contributed by atoms with Crippen LogP contribution in [0.4, 0.5) is 5.69 Å². The minimum atomic E-state index is -0.502. The lowest BCUT2D eigenvalue weighted by atomic mass is 10.2. The van der Waals surface area contributed by atoms with Crippen LogP contribution >= 0.6 is 15.9 Å². The highest BCUT2D eigenvalue weighted by atomic mass is 79.9. The van der Waals surface area contributed by atoms with Gasteiger partial charge in [-0.1, -0.05) is 6.07 Å². The number of nitro groups is 1. The molecule has 0 atom stereocenters. The molecule has 0 unspecified atom stereocenters. The Labute approximate surface area is 87.7 Å². The average Bonchev–Trinajstić information content (AvgIpc) is 2.16. The van der Waals surface area contributed by atoms with Gasteiger partial charge in [0.15, 0.2) is 0 Å². The molecule has 0 spiro atoms. The van der Waals surface area contributed by atoms with E-state index in [2.05, 4.69) is 20.9 Å². The summed E-state index contributed by atoms with van der Waals surface area (Å²) >= 11 is 3.05. The van der Waals surface area contributed by atoms with Gasteiger partial charge in [-0.15, -0.1) is 0 Å². The molecule has 6 heteroatoms. The first-order valence-electron chi connectivity index (χ1n) is 3.61. The van der Waals surface area contributed by atoms with Gasteiger partial charge >= 0.3 is 0 Å². The zero-order valence-electron chi connectivity index (χ0n) is 6.94. The van der Waals surface area contributed by atoms with Gasteiger partial charge < -0.3 is 0 Å². The molecule has 14 heavy (non-hydrogen) atoms. The summed E-state index contributed by atoms with van der Waals surface area (Å²) in [7, 11) is 0. The van der Waals surface area contributed by atoms with Gasteiger partial charge in [0.25, 0.3) is 5.69 Å². The van der Waals surface area contributed by atoms with Crippen LogP contribution < -0.4 is 0 Å². The van der Waals surface area contributed by atoms with Crippen LogP contribution in [0.25, 0.3) is 0 Å². The van der Waals surface area contributed by atoms with E-state index in [-0.39, 0.29) is 12.2 Å². The Morgan fingerprint density at radius 2 is 2.29 bits per heavy atom. The van der Waals surface area contributed by atoms with Crippen LogP contribution in [-0.2, 0) is 11.3 Å². The third kappa shape index (κ3) is 2.48. The van der Waals surface area contributed by atoms with Crippen molar-refractivity contribution in [3.8, 4) is 0 Å². The van der Waals surface area contributed by atoms with Crippen molar-refractivity contribution in [1.29, 1.82) is 0 Å². The molecule has 5 nitrogen and oxygen atoms in total. The number of benzene rings is 1. The van der Waals surface area contributed by atoms with Crippen LogP contribution in [0.15, 0.2) is 27.7 Å². The van der Waals surface area contributed by atoms with Crippen LogP contribution in [0.5, 0.6) is 0 Å². The number of hydrogen-bond donors (Lipinski definition) is 0. The van der Waals surface area contributed by atoms with Crippen molar-refractivity contribution in [3.63, 3.8) is 0 Å². The molecule has 0 aliphatic heterocycles. The van der Waals surface area contributed by atoms with E-state index in [0.717, 1.165) is 0 Å². The molecule has 1 rings (SSSR count). The molecule has 0 fully saturated rings. The molecule has 0 aromatic heterocycles. The van der Waals surface area contributed by atoms with E-state index in [4.69, 9.17) is 0 Å². The fourth-order valence-electron chi connectivity index (χ4n) is 0.920. The zero-order valence-corrected chi connectivity index (χ0v) is 8.52. The Kier molecular flexibility index (Phi) is 3.50. The van der Waals surface area contributed by atoms with Gasteiger partial charge in [0.05, 0.1) is 15.9 Å². The van der Waals surface area contributed by atoms with Crippen LogP contribution in [0.2, 0.25) is 0 Å². The molecule has 0 aliphatic carbocycles. The molecule has 0 radical (unpaired) electrons. The maximum absolute atomic E-state index is 10.5. The van der Waals surface area contributed by atoms with E-state index in [1.807, 2.05) is 0 Å². The maximum atomic E-state index is 10.5. The van der Waals surface area contributed by atoms with Gasteiger partial charge in [-0.3, -0.25) is 10.1 Å². The zero-order chi connectivity index (χ0) is 10.6.